The second-order valence-corrected chi connectivity index (χ2v) is 7.95. The van der Waals surface area contributed by atoms with E-state index in [-0.39, 0.29) is 5.91 Å². The summed E-state index contributed by atoms with van der Waals surface area (Å²) >= 11 is 6.18. The number of hydrogen-bond donors (Lipinski definition) is 0. The molecule has 1 aliphatic heterocycles. The lowest BCUT2D eigenvalue weighted by Crippen LogP contribution is -2.49. The topological polar surface area (TPSA) is 50.6 Å². The molecule has 0 saturated carbocycles. The summed E-state index contributed by atoms with van der Waals surface area (Å²) in [5.74, 6) is 0.779. The number of ether oxygens (including phenoxy) is 1. The van der Waals surface area contributed by atoms with E-state index in [1.807, 2.05) is 67.3 Å². The molecular weight excluding hydrogens is 400 g/mol. The standard InChI is InChI=1S/C23H25ClN4O2/c1-16-4-7-19(8-5-16)28-21(14-17(2)25-28)23(29)27-12-10-26(11-13-27)20-15-18(24)6-9-22(20)30-3/h4-9,14-15H,10-13H2,1-3H3. The summed E-state index contributed by atoms with van der Waals surface area (Å²) in [7, 11) is 1.65. The van der Waals surface area contributed by atoms with Crippen LogP contribution in [0.5, 0.6) is 5.75 Å². The Morgan fingerprint density at radius 1 is 1.00 bits per heavy atom. The van der Waals surface area contributed by atoms with E-state index < -0.39 is 0 Å². The highest BCUT2D eigenvalue weighted by Crippen LogP contribution is 2.32. The summed E-state index contributed by atoms with van der Waals surface area (Å²) in [6.07, 6.45) is 0. The van der Waals surface area contributed by atoms with Gasteiger partial charge in [-0.2, -0.15) is 5.10 Å². The average molecular weight is 425 g/mol. The third-order valence-electron chi connectivity index (χ3n) is 5.38. The molecule has 1 fully saturated rings. The summed E-state index contributed by atoms with van der Waals surface area (Å²) in [4.78, 5) is 17.4. The number of piperazine rings is 1. The zero-order valence-corrected chi connectivity index (χ0v) is 18.2. The van der Waals surface area contributed by atoms with Gasteiger partial charge in [0.2, 0.25) is 0 Å². The van der Waals surface area contributed by atoms with Gasteiger partial charge in [0.1, 0.15) is 11.4 Å². The van der Waals surface area contributed by atoms with Gasteiger partial charge in [-0.3, -0.25) is 4.79 Å². The van der Waals surface area contributed by atoms with Crippen molar-refractivity contribution in [2.75, 3.05) is 38.2 Å². The molecule has 0 radical (unpaired) electrons. The SMILES string of the molecule is COc1ccc(Cl)cc1N1CCN(C(=O)c2cc(C)nn2-c2ccc(C)cc2)CC1. The van der Waals surface area contributed by atoms with Crippen LogP contribution in [0.1, 0.15) is 21.7 Å². The molecule has 0 spiro atoms. The molecule has 0 bridgehead atoms. The number of aryl methyl sites for hydroxylation is 2. The second kappa shape index (κ2) is 8.40. The van der Waals surface area contributed by atoms with Crippen molar-refractivity contribution in [3.63, 3.8) is 0 Å². The van der Waals surface area contributed by atoms with Gasteiger partial charge in [0.05, 0.1) is 24.2 Å². The Hall–Kier alpha value is -2.99. The number of carbonyl (C=O) groups is 1. The molecule has 4 rings (SSSR count). The number of halogens is 1. The van der Waals surface area contributed by atoms with E-state index in [4.69, 9.17) is 16.3 Å². The minimum atomic E-state index is -0.00566. The van der Waals surface area contributed by atoms with E-state index in [0.717, 1.165) is 22.8 Å². The zero-order valence-electron chi connectivity index (χ0n) is 17.4. The summed E-state index contributed by atoms with van der Waals surface area (Å²) < 4.78 is 7.22. The first kappa shape index (κ1) is 20.3. The molecule has 1 amide bonds. The van der Waals surface area contributed by atoms with Crippen LogP contribution < -0.4 is 9.64 Å². The van der Waals surface area contributed by atoms with E-state index in [1.165, 1.54) is 5.56 Å². The molecule has 3 aromatic rings. The van der Waals surface area contributed by atoms with Gasteiger partial charge in [0, 0.05) is 31.2 Å². The predicted molar refractivity (Wildman–Crippen MR) is 119 cm³/mol. The lowest BCUT2D eigenvalue weighted by molar-refractivity contribution is 0.0737. The fourth-order valence-corrected chi connectivity index (χ4v) is 3.92. The first-order valence-corrected chi connectivity index (χ1v) is 10.4. The minimum absolute atomic E-state index is 0.00566. The molecule has 2 aromatic carbocycles. The van der Waals surface area contributed by atoms with Crippen molar-refractivity contribution in [2.24, 2.45) is 0 Å². The molecule has 6 nitrogen and oxygen atoms in total. The third kappa shape index (κ3) is 4.00. The van der Waals surface area contributed by atoms with E-state index in [1.54, 1.807) is 11.8 Å². The van der Waals surface area contributed by atoms with Crippen molar-refractivity contribution in [3.05, 3.63) is 70.5 Å². The maximum Gasteiger partial charge on any atom is 0.272 e. The van der Waals surface area contributed by atoms with Gasteiger partial charge in [-0.05, 0) is 50.2 Å². The van der Waals surface area contributed by atoms with E-state index >= 15 is 0 Å². The first-order chi connectivity index (χ1) is 14.5. The fraction of sp³-hybridized carbons (Fsp3) is 0.304. The van der Waals surface area contributed by atoms with E-state index in [0.29, 0.717) is 36.9 Å². The van der Waals surface area contributed by atoms with E-state index in [9.17, 15) is 4.79 Å². The molecule has 30 heavy (non-hydrogen) atoms. The monoisotopic (exact) mass is 424 g/mol. The highest BCUT2D eigenvalue weighted by Gasteiger charge is 2.26. The van der Waals surface area contributed by atoms with Gasteiger partial charge in [0.25, 0.3) is 5.91 Å². The van der Waals surface area contributed by atoms with Gasteiger partial charge < -0.3 is 14.5 Å². The molecule has 2 heterocycles. The molecule has 0 atom stereocenters. The van der Waals surface area contributed by atoms with Crippen LogP contribution in [0.2, 0.25) is 5.02 Å². The van der Waals surface area contributed by atoms with Crippen molar-refractivity contribution in [2.45, 2.75) is 13.8 Å². The van der Waals surface area contributed by atoms with Crippen molar-refractivity contribution in [1.82, 2.24) is 14.7 Å². The van der Waals surface area contributed by atoms with Crippen molar-refractivity contribution in [1.29, 1.82) is 0 Å². The largest absolute Gasteiger partial charge is 0.495 e. The number of hydrogen-bond acceptors (Lipinski definition) is 4. The van der Waals surface area contributed by atoms with Crippen LogP contribution in [-0.4, -0.2) is 53.9 Å². The van der Waals surface area contributed by atoms with Crippen molar-refractivity contribution in [3.8, 4) is 11.4 Å². The molecule has 156 valence electrons. The lowest BCUT2D eigenvalue weighted by atomic mass is 10.2. The lowest BCUT2D eigenvalue weighted by Gasteiger charge is -2.36. The maximum absolute atomic E-state index is 13.3. The fourth-order valence-electron chi connectivity index (χ4n) is 3.76. The Bertz CT molecular complexity index is 1050. The Morgan fingerprint density at radius 3 is 2.37 bits per heavy atom. The number of methoxy groups -OCH3 is 1. The highest BCUT2D eigenvalue weighted by atomic mass is 35.5. The number of aromatic nitrogens is 2. The number of anilines is 1. The highest BCUT2D eigenvalue weighted by molar-refractivity contribution is 6.30. The number of benzene rings is 2. The molecule has 0 N–H and O–H groups in total. The quantitative estimate of drug-likeness (QED) is 0.632. The number of carbonyl (C=O) groups excluding carboxylic acids is 1. The van der Waals surface area contributed by atoms with Crippen LogP contribution in [0.4, 0.5) is 5.69 Å². The number of amides is 1. The van der Waals surface area contributed by atoms with Crippen molar-refractivity contribution < 1.29 is 9.53 Å². The smallest absolute Gasteiger partial charge is 0.272 e. The second-order valence-electron chi connectivity index (χ2n) is 7.51. The zero-order chi connectivity index (χ0) is 21.3. The van der Waals surface area contributed by atoms with Gasteiger partial charge >= 0.3 is 0 Å². The molecule has 1 aliphatic rings. The van der Waals surface area contributed by atoms with Gasteiger partial charge in [-0.25, -0.2) is 4.68 Å². The predicted octanol–water partition coefficient (Wildman–Crippen LogP) is 4.11. The number of nitrogens with zero attached hydrogens (tertiary/aromatic N) is 4. The first-order valence-electron chi connectivity index (χ1n) is 9.98. The molecule has 7 heteroatoms. The molecular formula is C23H25ClN4O2. The Labute approximate surface area is 181 Å². The molecule has 0 unspecified atom stereocenters. The third-order valence-corrected chi connectivity index (χ3v) is 5.61. The van der Waals surface area contributed by atoms with Crippen LogP contribution in [0.3, 0.4) is 0 Å². The summed E-state index contributed by atoms with van der Waals surface area (Å²) in [6, 6.07) is 15.5. The Kier molecular flexibility index (Phi) is 5.68. The Balaban J connectivity index is 1.52. The molecule has 1 saturated heterocycles. The van der Waals surface area contributed by atoms with Crippen LogP contribution >= 0.6 is 11.6 Å². The average Bonchev–Trinajstić information content (AvgIpc) is 3.15. The van der Waals surface area contributed by atoms with Gasteiger partial charge in [0.15, 0.2) is 0 Å². The number of rotatable bonds is 4. The summed E-state index contributed by atoms with van der Waals surface area (Å²) in [5.41, 5.74) is 4.42. The van der Waals surface area contributed by atoms with Crippen LogP contribution in [0.15, 0.2) is 48.5 Å². The molecule has 1 aromatic heterocycles. The van der Waals surface area contributed by atoms with Crippen LogP contribution in [0, 0.1) is 13.8 Å². The van der Waals surface area contributed by atoms with Gasteiger partial charge in [-0.1, -0.05) is 29.3 Å². The Morgan fingerprint density at radius 2 is 1.70 bits per heavy atom. The maximum atomic E-state index is 13.3. The van der Waals surface area contributed by atoms with Crippen molar-refractivity contribution >= 4 is 23.2 Å². The minimum Gasteiger partial charge on any atom is -0.495 e. The normalized spacial score (nSPS) is 14.1. The molecule has 0 aliphatic carbocycles. The van der Waals surface area contributed by atoms with E-state index in [2.05, 4.69) is 10.00 Å². The van der Waals surface area contributed by atoms with Crippen LogP contribution in [-0.2, 0) is 0 Å². The summed E-state index contributed by atoms with van der Waals surface area (Å²) in [5, 5.41) is 5.22. The van der Waals surface area contributed by atoms with Gasteiger partial charge in [-0.15, -0.1) is 0 Å². The van der Waals surface area contributed by atoms with Crippen LogP contribution in [0.25, 0.3) is 5.69 Å². The summed E-state index contributed by atoms with van der Waals surface area (Å²) in [6.45, 7) is 6.60.